The van der Waals surface area contributed by atoms with E-state index in [1.54, 1.807) is 6.92 Å². The smallest absolute Gasteiger partial charge is 0.426 e. The minimum Gasteiger partial charge on any atom is -0.426 e. The van der Waals surface area contributed by atoms with Gasteiger partial charge in [0.05, 0.1) is 5.94 Å². The highest BCUT2D eigenvalue weighted by Gasteiger charge is 2.46. The van der Waals surface area contributed by atoms with Crippen LogP contribution in [0, 0.1) is 0 Å². The van der Waals surface area contributed by atoms with Crippen LogP contribution in [-0.2, 0) is 11.2 Å². The van der Waals surface area contributed by atoms with Gasteiger partial charge in [0.25, 0.3) is 0 Å². The maximum Gasteiger partial charge on any atom is 0.475 e. The van der Waals surface area contributed by atoms with Crippen molar-refractivity contribution in [3.63, 3.8) is 0 Å². The highest BCUT2D eigenvalue weighted by Crippen LogP contribution is 2.26. The average molecular weight is 262 g/mol. The summed E-state index contributed by atoms with van der Waals surface area (Å²) in [4.78, 5) is 13.8. The van der Waals surface area contributed by atoms with Crippen molar-refractivity contribution in [1.29, 1.82) is 0 Å². The fourth-order valence-corrected chi connectivity index (χ4v) is 2.49. The van der Waals surface area contributed by atoms with Crippen LogP contribution >= 0.6 is 0 Å². The largest absolute Gasteiger partial charge is 0.475 e. The second kappa shape index (κ2) is 5.32. The van der Waals surface area contributed by atoms with Gasteiger partial charge in [0.1, 0.15) is 5.54 Å². The number of nitrogens with two attached hydrogens (primary N) is 1. The molecule has 1 amide bonds. The van der Waals surface area contributed by atoms with Crippen LogP contribution in [0.2, 0.25) is 0 Å². The standard InChI is InChI=1S/C13H19BN2O3/c1-10(14(18)19)16-8-7-13(15,12(16)17)9-11-5-3-2-4-6-11/h2-6,10,18-19H,7-9,15H2,1H3/t10?,13-/m0/s1. The maximum atomic E-state index is 12.4. The third kappa shape index (κ3) is 2.81. The molecule has 0 aromatic heterocycles. The SMILES string of the molecule is CC(B(O)O)N1CC[C@](N)(Cc2ccccc2)C1=O. The monoisotopic (exact) mass is 262 g/mol. The lowest BCUT2D eigenvalue weighted by molar-refractivity contribution is -0.133. The van der Waals surface area contributed by atoms with E-state index >= 15 is 0 Å². The number of hydrogen-bond donors (Lipinski definition) is 3. The van der Waals surface area contributed by atoms with E-state index in [-0.39, 0.29) is 5.91 Å². The van der Waals surface area contributed by atoms with Gasteiger partial charge in [0, 0.05) is 6.54 Å². The van der Waals surface area contributed by atoms with Gasteiger partial charge < -0.3 is 20.7 Å². The van der Waals surface area contributed by atoms with Gasteiger partial charge in [-0.15, -0.1) is 0 Å². The molecule has 0 bridgehead atoms. The zero-order chi connectivity index (χ0) is 14.0. The Morgan fingerprint density at radius 2 is 2.05 bits per heavy atom. The number of benzene rings is 1. The number of carbonyl (C=O) groups excluding carboxylic acids is 1. The summed E-state index contributed by atoms with van der Waals surface area (Å²) >= 11 is 0. The van der Waals surface area contributed by atoms with Crippen LogP contribution < -0.4 is 5.73 Å². The summed E-state index contributed by atoms with van der Waals surface area (Å²) in [6, 6.07) is 9.62. The van der Waals surface area contributed by atoms with E-state index < -0.39 is 18.6 Å². The molecule has 1 unspecified atom stereocenters. The molecule has 1 fully saturated rings. The van der Waals surface area contributed by atoms with E-state index in [4.69, 9.17) is 5.73 Å². The highest BCUT2D eigenvalue weighted by atomic mass is 16.4. The molecule has 19 heavy (non-hydrogen) atoms. The van der Waals surface area contributed by atoms with Crippen LogP contribution in [0.25, 0.3) is 0 Å². The van der Waals surface area contributed by atoms with Crippen LogP contribution in [0.15, 0.2) is 30.3 Å². The van der Waals surface area contributed by atoms with Crippen molar-refractivity contribution in [2.45, 2.75) is 31.2 Å². The molecule has 4 N–H and O–H groups in total. The van der Waals surface area contributed by atoms with E-state index in [0.717, 1.165) is 5.56 Å². The Bertz CT molecular complexity index is 454. The Kier molecular flexibility index (Phi) is 3.94. The third-order valence-corrected chi connectivity index (χ3v) is 3.77. The number of likely N-dealkylation sites (tertiary alicyclic amines) is 1. The Balaban J connectivity index is 2.12. The van der Waals surface area contributed by atoms with Crippen LogP contribution in [0.3, 0.4) is 0 Å². The van der Waals surface area contributed by atoms with Gasteiger partial charge in [-0.05, 0) is 25.3 Å². The summed E-state index contributed by atoms with van der Waals surface area (Å²) in [5.74, 6) is -0.842. The third-order valence-electron chi connectivity index (χ3n) is 3.77. The van der Waals surface area contributed by atoms with E-state index in [2.05, 4.69) is 0 Å². The van der Waals surface area contributed by atoms with Gasteiger partial charge >= 0.3 is 7.12 Å². The van der Waals surface area contributed by atoms with Crippen LogP contribution in [0.5, 0.6) is 0 Å². The van der Waals surface area contributed by atoms with Gasteiger partial charge in [0.2, 0.25) is 5.91 Å². The number of carbonyl (C=O) groups is 1. The second-order valence-corrected chi connectivity index (χ2v) is 5.22. The first-order valence-corrected chi connectivity index (χ1v) is 6.44. The minimum absolute atomic E-state index is 0.211. The van der Waals surface area contributed by atoms with E-state index in [1.807, 2.05) is 30.3 Å². The van der Waals surface area contributed by atoms with Gasteiger partial charge in [-0.2, -0.15) is 0 Å². The van der Waals surface area contributed by atoms with Crippen molar-refractivity contribution in [2.75, 3.05) is 6.54 Å². The first kappa shape index (κ1) is 14.1. The fraction of sp³-hybridized carbons (Fsp3) is 0.462. The summed E-state index contributed by atoms with van der Waals surface area (Å²) in [6.45, 7) is 2.07. The summed E-state index contributed by atoms with van der Waals surface area (Å²) < 4.78 is 0. The molecule has 1 aromatic rings. The van der Waals surface area contributed by atoms with Gasteiger partial charge in [-0.3, -0.25) is 4.79 Å². The first-order valence-electron chi connectivity index (χ1n) is 6.44. The summed E-state index contributed by atoms with van der Waals surface area (Å²) in [7, 11) is -1.54. The molecule has 1 aliphatic rings. The van der Waals surface area contributed by atoms with Crippen molar-refractivity contribution in [3.8, 4) is 0 Å². The predicted octanol–water partition coefficient (Wildman–Crippen LogP) is -0.441. The number of hydrogen-bond acceptors (Lipinski definition) is 4. The Labute approximate surface area is 113 Å². The van der Waals surface area contributed by atoms with Crippen LogP contribution in [0.1, 0.15) is 18.9 Å². The molecule has 0 aliphatic carbocycles. The molecule has 2 atom stereocenters. The Morgan fingerprint density at radius 1 is 1.42 bits per heavy atom. The lowest BCUT2D eigenvalue weighted by Gasteiger charge is -2.27. The molecule has 1 saturated heterocycles. The summed E-state index contributed by atoms with van der Waals surface area (Å²) in [5, 5.41) is 18.4. The minimum atomic E-state index is -1.54. The molecule has 0 saturated carbocycles. The molecule has 6 heteroatoms. The lowest BCUT2D eigenvalue weighted by Crippen LogP contribution is -2.54. The molecule has 1 heterocycles. The van der Waals surface area contributed by atoms with Crippen LogP contribution in [-0.4, -0.2) is 46.0 Å². The molecule has 5 nitrogen and oxygen atoms in total. The normalized spacial score (nSPS) is 24.6. The topological polar surface area (TPSA) is 86.8 Å². The summed E-state index contributed by atoms with van der Waals surface area (Å²) in [5.41, 5.74) is 6.28. The van der Waals surface area contributed by atoms with Crippen molar-refractivity contribution >= 4 is 13.0 Å². The number of nitrogens with zero attached hydrogens (tertiary/aromatic N) is 1. The second-order valence-electron chi connectivity index (χ2n) is 5.22. The van der Waals surface area contributed by atoms with Crippen molar-refractivity contribution in [3.05, 3.63) is 35.9 Å². The van der Waals surface area contributed by atoms with Gasteiger partial charge in [-0.1, -0.05) is 30.3 Å². The highest BCUT2D eigenvalue weighted by molar-refractivity contribution is 6.43. The van der Waals surface area contributed by atoms with E-state index in [9.17, 15) is 14.8 Å². The Hall–Kier alpha value is -1.37. The van der Waals surface area contributed by atoms with Gasteiger partial charge in [0.15, 0.2) is 0 Å². The molecular weight excluding hydrogens is 243 g/mol. The average Bonchev–Trinajstić information content (AvgIpc) is 2.66. The van der Waals surface area contributed by atoms with Gasteiger partial charge in [-0.25, -0.2) is 0 Å². The summed E-state index contributed by atoms with van der Waals surface area (Å²) in [6.07, 6.45) is 0.995. The Morgan fingerprint density at radius 3 is 2.63 bits per heavy atom. The van der Waals surface area contributed by atoms with Crippen molar-refractivity contribution in [1.82, 2.24) is 4.90 Å². The predicted molar refractivity (Wildman–Crippen MR) is 73.0 cm³/mol. The quantitative estimate of drug-likeness (QED) is 0.642. The molecule has 2 rings (SSSR count). The molecule has 0 radical (unpaired) electrons. The van der Waals surface area contributed by atoms with Crippen molar-refractivity contribution < 1.29 is 14.8 Å². The first-order chi connectivity index (χ1) is 8.94. The molecule has 1 aliphatic heterocycles. The maximum absolute atomic E-state index is 12.4. The number of amides is 1. The van der Waals surface area contributed by atoms with E-state index in [0.29, 0.717) is 19.4 Å². The zero-order valence-corrected chi connectivity index (χ0v) is 11.0. The van der Waals surface area contributed by atoms with Crippen molar-refractivity contribution in [2.24, 2.45) is 5.73 Å². The molecule has 1 aromatic carbocycles. The molecule has 0 spiro atoms. The fourth-order valence-electron chi connectivity index (χ4n) is 2.49. The number of rotatable bonds is 4. The lowest BCUT2D eigenvalue weighted by atomic mass is 9.79. The molecule has 102 valence electrons. The van der Waals surface area contributed by atoms with E-state index in [1.165, 1.54) is 4.90 Å². The molecular formula is C13H19BN2O3. The zero-order valence-electron chi connectivity index (χ0n) is 11.0. The van der Waals surface area contributed by atoms with Crippen LogP contribution in [0.4, 0.5) is 0 Å².